The highest BCUT2D eigenvalue weighted by Gasteiger charge is 2.40. The molecule has 29 heavy (non-hydrogen) atoms. The van der Waals surface area contributed by atoms with Crippen molar-refractivity contribution >= 4 is 22.7 Å². The summed E-state index contributed by atoms with van der Waals surface area (Å²) >= 11 is 0. The zero-order chi connectivity index (χ0) is 20.4. The summed E-state index contributed by atoms with van der Waals surface area (Å²) < 4.78 is 0.566. The number of benzene rings is 4. The second kappa shape index (κ2) is 7.69. The third kappa shape index (κ3) is 3.08. The van der Waals surface area contributed by atoms with Gasteiger partial charge in [0.15, 0.2) is 5.69 Å². The van der Waals surface area contributed by atoms with Gasteiger partial charge in [0.2, 0.25) is 0 Å². The van der Waals surface area contributed by atoms with Crippen LogP contribution in [0.5, 0.6) is 0 Å². The molecule has 0 saturated carbocycles. The lowest BCUT2D eigenvalue weighted by atomic mass is 9.94. The van der Waals surface area contributed by atoms with Gasteiger partial charge >= 0.3 is 0 Å². The van der Waals surface area contributed by atoms with Crippen molar-refractivity contribution < 1.29 is 0 Å². The molecule has 4 aromatic carbocycles. The number of para-hydroxylation sites is 3. The number of aryl methyl sites for hydroxylation is 1. The minimum absolute atomic E-state index is 0.566. The third-order valence-electron chi connectivity index (χ3n) is 6.25. The Hall–Kier alpha value is -3.16. The van der Waals surface area contributed by atoms with Crippen LogP contribution in [0.4, 0.5) is 22.7 Å². The average molecular weight is 379 g/mol. The van der Waals surface area contributed by atoms with Gasteiger partial charge in [0, 0.05) is 48.0 Å². The van der Waals surface area contributed by atoms with E-state index in [1.807, 2.05) is 0 Å². The summed E-state index contributed by atoms with van der Waals surface area (Å²) in [5.74, 6) is 0. The van der Waals surface area contributed by atoms with E-state index in [1.165, 1.54) is 45.0 Å². The maximum Gasteiger partial charge on any atom is 0.151 e. The highest BCUT2D eigenvalue weighted by molar-refractivity contribution is 5.83. The van der Waals surface area contributed by atoms with E-state index in [0.717, 1.165) is 0 Å². The van der Waals surface area contributed by atoms with Crippen LogP contribution in [-0.2, 0) is 0 Å². The maximum absolute atomic E-state index is 2.38. The minimum Gasteiger partial charge on any atom is -0.194 e. The van der Waals surface area contributed by atoms with E-state index in [-0.39, 0.29) is 0 Å². The van der Waals surface area contributed by atoms with Gasteiger partial charge < -0.3 is 0 Å². The number of hydrogen-bond acceptors (Lipinski definition) is 0. The summed E-state index contributed by atoms with van der Waals surface area (Å²) in [6.07, 6.45) is 0. The second-order valence-corrected chi connectivity index (χ2v) is 7.77. The van der Waals surface area contributed by atoms with Crippen molar-refractivity contribution in [1.29, 1.82) is 0 Å². The molecule has 0 fully saturated rings. The average Bonchev–Trinajstić information content (AvgIpc) is 2.78. The fourth-order valence-electron chi connectivity index (χ4n) is 4.36. The van der Waals surface area contributed by atoms with Gasteiger partial charge in [0.05, 0.1) is 0 Å². The lowest BCUT2D eigenvalue weighted by Crippen LogP contribution is -2.34. The zero-order valence-electron chi connectivity index (χ0n) is 17.7. The Morgan fingerprint density at radius 2 is 0.828 bits per heavy atom. The number of rotatable bonds is 4. The predicted octanol–water partition coefficient (Wildman–Crippen LogP) is 8.22. The molecule has 4 aromatic rings. The Balaban J connectivity index is 2.22. The molecule has 0 aromatic heterocycles. The molecule has 0 heterocycles. The molecule has 0 unspecified atom stereocenters. The van der Waals surface area contributed by atoms with E-state index in [1.54, 1.807) is 0 Å². The van der Waals surface area contributed by atoms with Crippen molar-refractivity contribution in [2.45, 2.75) is 27.7 Å². The number of quaternary nitrogens is 1. The van der Waals surface area contributed by atoms with E-state index in [0.29, 0.717) is 4.48 Å². The monoisotopic (exact) mass is 378 g/mol. The molecule has 144 valence electrons. The lowest BCUT2D eigenvalue weighted by Gasteiger charge is -2.38. The van der Waals surface area contributed by atoms with E-state index < -0.39 is 0 Å². The molecule has 1 heteroatoms. The van der Waals surface area contributed by atoms with Crippen molar-refractivity contribution in [3.05, 3.63) is 119 Å². The molecule has 0 bridgehead atoms. The van der Waals surface area contributed by atoms with E-state index in [9.17, 15) is 0 Å². The first-order valence-electron chi connectivity index (χ1n) is 10.2. The second-order valence-electron chi connectivity index (χ2n) is 7.77. The summed E-state index contributed by atoms with van der Waals surface area (Å²) in [4.78, 5) is 0. The Labute approximate surface area is 174 Å². The van der Waals surface area contributed by atoms with Crippen molar-refractivity contribution in [2.75, 3.05) is 0 Å². The Morgan fingerprint density at radius 1 is 0.448 bits per heavy atom. The van der Waals surface area contributed by atoms with Gasteiger partial charge in [-0.1, -0.05) is 54.6 Å². The number of hydrogen-bond donors (Lipinski definition) is 0. The minimum atomic E-state index is 0.566. The molecule has 4 rings (SSSR count). The van der Waals surface area contributed by atoms with E-state index >= 15 is 0 Å². The summed E-state index contributed by atoms with van der Waals surface area (Å²) in [6, 6.07) is 34.9. The molecule has 1 nitrogen and oxygen atoms in total. The summed E-state index contributed by atoms with van der Waals surface area (Å²) in [7, 11) is 0. The van der Waals surface area contributed by atoms with Crippen molar-refractivity contribution in [1.82, 2.24) is 4.48 Å². The van der Waals surface area contributed by atoms with Crippen LogP contribution in [0, 0.1) is 27.7 Å². The molecule has 0 radical (unpaired) electrons. The van der Waals surface area contributed by atoms with Crippen LogP contribution in [-0.4, -0.2) is 0 Å². The van der Waals surface area contributed by atoms with Gasteiger partial charge in [-0.2, -0.15) is 4.48 Å². The molecular formula is C28H28N+. The summed E-state index contributed by atoms with van der Waals surface area (Å²) in [6.45, 7) is 8.96. The molecular weight excluding hydrogens is 350 g/mol. The Bertz CT molecular complexity index is 1020. The van der Waals surface area contributed by atoms with Crippen LogP contribution in [0.2, 0.25) is 0 Å². The fraction of sp³-hybridized carbons (Fsp3) is 0.143. The standard InChI is InChI=1S/C28H28N/c1-21-20-28(24(4)23(3)22(21)2)29(25-14-8-5-9-15-25,26-16-10-6-11-17-26)27-18-12-7-13-19-27/h5-20H,1-4H3/q+1. The predicted molar refractivity (Wildman–Crippen MR) is 125 cm³/mol. The van der Waals surface area contributed by atoms with Gasteiger partial charge in [0.1, 0.15) is 17.1 Å². The highest BCUT2D eigenvalue weighted by Crippen LogP contribution is 2.53. The van der Waals surface area contributed by atoms with Gasteiger partial charge in [0.25, 0.3) is 0 Å². The maximum atomic E-state index is 2.38. The quantitative estimate of drug-likeness (QED) is 0.314. The molecule has 0 amide bonds. The highest BCUT2D eigenvalue weighted by atomic mass is 15.4. The van der Waals surface area contributed by atoms with Crippen LogP contribution in [0.25, 0.3) is 0 Å². The molecule has 0 spiro atoms. The molecule has 0 atom stereocenters. The van der Waals surface area contributed by atoms with Crippen molar-refractivity contribution in [2.24, 2.45) is 0 Å². The number of nitrogens with zero attached hydrogens (tertiary/aromatic N) is 1. The molecule has 0 N–H and O–H groups in total. The Morgan fingerprint density at radius 3 is 1.21 bits per heavy atom. The summed E-state index contributed by atoms with van der Waals surface area (Å²) in [5.41, 5.74) is 10.4. The fourth-order valence-corrected chi connectivity index (χ4v) is 4.36. The van der Waals surface area contributed by atoms with Crippen LogP contribution in [0.15, 0.2) is 97.1 Å². The topological polar surface area (TPSA) is 0 Å². The van der Waals surface area contributed by atoms with Crippen LogP contribution in [0.1, 0.15) is 22.3 Å². The Kier molecular flexibility index (Phi) is 5.08. The van der Waals surface area contributed by atoms with Crippen LogP contribution >= 0.6 is 0 Å². The molecule has 0 aliphatic carbocycles. The SMILES string of the molecule is Cc1cc([N+](c2ccccc2)(c2ccccc2)c2ccccc2)c(C)c(C)c1C. The first kappa shape index (κ1) is 19.2. The molecule has 0 aliphatic rings. The summed E-state index contributed by atoms with van der Waals surface area (Å²) in [5, 5.41) is 0. The zero-order valence-corrected chi connectivity index (χ0v) is 17.7. The van der Waals surface area contributed by atoms with Crippen LogP contribution in [0.3, 0.4) is 0 Å². The van der Waals surface area contributed by atoms with Gasteiger partial charge in [-0.25, -0.2) is 0 Å². The van der Waals surface area contributed by atoms with Gasteiger partial charge in [-0.15, -0.1) is 0 Å². The third-order valence-corrected chi connectivity index (χ3v) is 6.25. The molecule has 0 aliphatic heterocycles. The van der Waals surface area contributed by atoms with E-state index in [4.69, 9.17) is 0 Å². The van der Waals surface area contributed by atoms with Gasteiger partial charge in [-0.3, -0.25) is 0 Å². The lowest BCUT2D eigenvalue weighted by molar-refractivity contribution is 0.697. The first-order chi connectivity index (χ1) is 14.1. The first-order valence-corrected chi connectivity index (χ1v) is 10.2. The van der Waals surface area contributed by atoms with E-state index in [2.05, 4.69) is 125 Å². The normalized spacial score (nSPS) is 11.4. The van der Waals surface area contributed by atoms with Gasteiger partial charge in [-0.05, 0) is 44.4 Å². The van der Waals surface area contributed by atoms with Crippen molar-refractivity contribution in [3.8, 4) is 0 Å². The van der Waals surface area contributed by atoms with Crippen LogP contribution < -0.4 is 4.48 Å². The largest absolute Gasteiger partial charge is 0.194 e. The van der Waals surface area contributed by atoms with Crippen molar-refractivity contribution in [3.63, 3.8) is 0 Å². The smallest absolute Gasteiger partial charge is 0.151 e. The molecule has 0 saturated heterocycles.